The summed E-state index contributed by atoms with van der Waals surface area (Å²) in [5, 5.41) is 0. The van der Waals surface area contributed by atoms with E-state index in [1.54, 1.807) is 16.4 Å². The Bertz CT molecular complexity index is 615. The predicted molar refractivity (Wildman–Crippen MR) is 84.2 cm³/mol. The van der Waals surface area contributed by atoms with E-state index in [-0.39, 0.29) is 4.90 Å². The minimum absolute atomic E-state index is 0.286. The van der Waals surface area contributed by atoms with E-state index in [4.69, 9.17) is 4.74 Å². The number of ether oxygens (including phenoxy) is 1. The number of benzene rings is 1. The summed E-state index contributed by atoms with van der Waals surface area (Å²) in [5.41, 5.74) is 2.00. The van der Waals surface area contributed by atoms with E-state index in [9.17, 15) is 8.42 Å². The minimum Gasteiger partial charge on any atom is -0.495 e. The number of piperidine rings is 1. The molecule has 0 bridgehead atoms. The van der Waals surface area contributed by atoms with Gasteiger partial charge in [0.05, 0.1) is 7.11 Å². The van der Waals surface area contributed by atoms with Crippen molar-refractivity contribution in [3.05, 3.63) is 23.3 Å². The van der Waals surface area contributed by atoms with E-state index < -0.39 is 10.0 Å². The maximum absolute atomic E-state index is 13.0. The van der Waals surface area contributed by atoms with Gasteiger partial charge in [0.2, 0.25) is 10.0 Å². The molecular formula is C16H25NO3S. The molecule has 21 heavy (non-hydrogen) atoms. The van der Waals surface area contributed by atoms with E-state index in [1.165, 1.54) is 7.11 Å². The Labute approximate surface area is 128 Å². The van der Waals surface area contributed by atoms with Crippen LogP contribution in [0.25, 0.3) is 0 Å². The van der Waals surface area contributed by atoms with E-state index in [0.717, 1.165) is 17.5 Å². The molecule has 1 heterocycles. The fraction of sp³-hybridized carbons (Fsp3) is 0.625. The topological polar surface area (TPSA) is 46.6 Å². The summed E-state index contributed by atoms with van der Waals surface area (Å²) in [4.78, 5) is 0.286. The molecule has 1 aromatic carbocycles. The molecule has 0 saturated carbocycles. The lowest BCUT2D eigenvalue weighted by Gasteiger charge is -2.34. The quantitative estimate of drug-likeness (QED) is 0.862. The van der Waals surface area contributed by atoms with Crippen LogP contribution in [-0.4, -0.2) is 32.9 Å². The summed E-state index contributed by atoms with van der Waals surface area (Å²) in [5.74, 6) is 1.21. The fourth-order valence-electron chi connectivity index (χ4n) is 3.07. The molecule has 2 rings (SSSR count). The predicted octanol–water partition coefficient (Wildman–Crippen LogP) is 2.98. The van der Waals surface area contributed by atoms with Crippen LogP contribution in [0.15, 0.2) is 17.0 Å². The smallest absolute Gasteiger partial charge is 0.246 e. The molecule has 2 unspecified atom stereocenters. The van der Waals surface area contributed by atoms with E-state index in [2.05, 4.69) is 13.8 Å². The van der Waals surface area contributed by atoms with Crippen molar-refractivity contribution in [2.24, 2.45) is 11.8 Å². The Morgan fingerprint density at radius 2 is 1.62 bits per heavy atom. The van der Waals surface area contributed by atoms with Gasteiger partial charge in [-0.25, -0.2) is 8.42 Å². The first-order chi connectivity index (χ1) is 9.75. The Morgan fingerprint density at radius 1 is 1.10 bits per heavy atom. The van der Waals surface area contributed by atoms with Gasteiger partial charge in [-0.15, -0.1) is 0 Å². The third-order valence-electron chi connectivity index (χ3n) is 4.23. The second kappa shape index (κ2) is 5.97. The normalized spacial score (nSPS) is 24.0. The summed E-state index contributed by atoms with van der Waals surface area (Å²) in [6.45, 7) is 9.27. The Kier molecular flexibility index (Phi) is 4.63. The standard InChI is InChI=1S/C16H25NO3S/c1-11-6-12(2)10-17(9-11)21(18,19)16-8-14(4)13(3)7-15(16)20-5/h7-8,11-12H,6,9-10H2,1-5H3. The highest BCUT2D eigenvalue weighted by Gasteiger charge is 2.33. The van der Waals surface area contributed by atoms with Gasteiger partial charge in [-0.05, 0) is 55.4 Å². The van der Waals surface area contributed by atoms with Gasteiger partial charge in [-0.1, -0.05) is 13.8 Å². The highest BCUT2D eigenvalue weighted by molar-refractivity contribution is 7.89. The molecule has 1 aliphatic rings. The second-order valence-electron chi connectivity index (χ2n) is 6.36. The van der Waals surface area contributed by atoms with Gasteiger partial charge in [0.25, 0.3) is 0 Å². The Balaban J connectivity index is 2.46. The van der Waals surface area contributed by atoms with Crippen LogP contribution in [-0.2, 0) is 10.0 Å². The first-order valence-electron chi connectivity index (χ1n) is 7.41. The molecule has 2 atom stereocenters. The van der Waals surface area contributed by atoms with Gasteiger partial charge in [0, 0.05) is 13.1 Å². The molecular weight excluding hydrogens is 286 g/mol. The summed E-state index contributed by atoms with van der Waals surface area (Å²) < 4.78 is 32.9. The van der Waals surface area contributed by atoms with Gasteiger partial charge in [-0.3, -0.25) is 0 Å². The molecule has 1 aromatic rings. The third-order valence-corrected chi connectivity index (χ3v) is 6.09. The molecule has 0 spiro atoms. The molecule has 0 amide bonds. The maximum atomic E-state index is 13.0. The maximum Gasteiger partial charge on any atom is 0.246 e. The molecule has 1 saturated heterocycles. The molecule has 1 aliphatic heterocycles. The van der Waals surface area contributed by atoms with Crippen molar-refractivity contribution in [2.75, 3.05) is 20.2 Å². The van der Waals surface area contributed by atoms with Crippen molar-refractivity contribution in [2.45, 2.75) is 39.0 Å². The van der Waals surface area contributed by atoms with E-state index >= 15 is 0 Å². The fourth-order valence-corrected chi connectivity index (χ4v) is 4.97. The van der Waals surface area contributed by atoms with Crippen LogP contribution < -0.4 is 4.74 Å². The zero-order valence-corrected chi connectivity index (χ0v) is 14.3. The van der Waals surface area contributed by atoms with Crippen LogP contribution in [0, 0.1) is 25.7 Å². The van der Waals surface area contributed by atoms with Crippen LogP contribution >= 0.6 is 0 Å². The van der Waals surface area contributed by atoms with Crippen molar-refractivity contribution in [1.82, 2.24) is 4.31 Å². The van der Waals surface area contributed by atoms with Gasteiger partial charge in [0.1, 0.15) is 10.6 Å². The summed E-state index contributed by atoms with van der Waals surface area (Å²) in [6, 6.07) is 3.53. The summed E-state index contributed by atoms with van der Waals surface area (Å²) in [7, 11) is -1.98. The average molecular weight is 311 g/mol. The van der Waals surface area contributed by atoms with Gasteiger partial charge in [-0.2, -0.15) is 4.31 Å². The highest BCUT2D eigenvalue weighted by Crippen LogP contribution is 2.32. The monoisotopic (exact) mass is 311 g/mol. The largest absolute Gasteiger partial charge is 0.495 e. The van der Waals surface area contributed by atoms with E-state index in [0.29, 0.717) is 30.7 Å². The van der Waals surface area contributed by atoms with Crippen LogP contribution in [0.5, 0.6) is 5.75 Å². The number of nitrogens with zero attached hydrogens (tertiary/aromatic N) is 1. The van der Waals surface area contributed by atoms with Crippen molar-refractivity contribution >= 4 is 10.0 Å². The number of hydrogen-bond acceptors (Lipinski definition) is 3. The molecule has 0 radical (unpaired) electrons. The lowest BCUT2D eigenvalue weighted by Crippen LogP contribution is -2.42. The molecule has 5 heteroatoms. The molecule has 0 aromatic heterocycles. The summed E-state index contributed by atoms with van der Waals surface area (Å²) >= 11 is 0. The first-order valence-corrected chi connectivity index (χ1v) is 8.85. The van der Waals surface area contributed by atoms with Crippen molar-refractivity contribution in [3.63, 3.8) is 0 Å². The molecule has 118 valence electrons. The summed E-state index contributed by atoms with van der Waals surface area (Å²) in [6.07, 6.45) is 1.08. The molecule has 1 fully saturated rings. The van der Waals surface area contributed by atoms with Crippen molar-refractivity contribution in [1.29, 1.82) is 0 Å². The molecule has 4 nitrogen and oxygen atoms in total. The lowest BCUT2D eigenvalue weighted by molar-refractivity contribution is 0.222. The van der Waals surface area contributed by atoms with Crippen LogP contribution in [0.4, 0.5) is 0 Å². The van der Waals surface area contributed by atoms with Gasteiger partial charge < -0.3 is 4.74 Å². The first kappa shape index (κ1) is 16.3. The van der Waals surface area contributed by atoms with E-state index in [1.807, 2.05) is 13.8 Å². The number of sulfonamides is 1. The van der Waals surface area contributed by atoms with Crippen molar-refractivity contribution < 1.29 is 13.2 Å². The zero-order valence-electron chi connectivity index (χ0n) is 13.5. The average Bonchev–Trinajstić information content (AvgIpc) is 2.40. The Morgan fingerprint density at radius 3 is 2.14 bits per heavy atom. The highest BCUT2D eigenvalue weighted by atomic mass is 32.2. The minimum atomic E-state index is -3.50. The van der Waals surface area contributed by atoms with Crippen LogP contribution in [0.1, 0.15) is 31.4 Å². The third kappa shape index (κ3) is 3.24. The SMILES string of the molecule is COc1cc(C)c(C)cc1S(=O)(=O)N1CC(C)CC(C)C1. The van der Waals surface area contributed by atoms with Crippen molar-refractivity contribution in [3.8, 4) is 5.75 Å². The van der Waals surface area contributed by atoms with Gasteiger partial charge in [0.15, 0.2) is 0 Å². The number of rotatable bonds is 3. The molecule has 0 aliphatic carbocycles. The van der Waals surface area contributed by atoms with Gasteiger partial charge >= 0.3 is 0 Å². The van der Waals surface area contributed by atoms with Crippen LogP contribution in [0.2, 0.25) is 0 Å². The second-order valence-corrected chi connectivity index (χ2v) is 8.26. The van der Waals surface area contributed by atoms with Crippen LogP contribution in [0.3, 0.4) is 0 Å². The zero-order chi connectivity index (χ0) is 15.8. The molecule has 0 N–H and O–H groups in total. The number of hydrogen-bond donors (Lipinski definition) is 0. The number of methoxy groups -OCH3 is 1. The Hall–Kier alpha value is -1.07. The number of aryl methyl sites for hydroxylation is 2. The lowest BCUT2D eigenvalue weighted by atomic mass is 9.94.